The lowest BCUT2D eigenvalue weighted by Crippen LogP contribution is -2.09. The highest BCUT2D eigenvalue weighted by atomic mass is 27.2. The lowest BCUT2D eigenvalue weighted by molar-refractivity contribution is 0.824. The summed E-state index contributed by atoms with van der Waals surface area (Å²) in [5.41, 5.74) is 0. The van der Waals surface area contributed by atoms with Gasteiger partial charge in [0.2, 0.25) is 0 Å². The van der Waals surface area contributed by atoms with Crippen molar-refractivity contribution in [3.05, 3.63) is 0 Å². The molecule has 0 fully saturated rings. The van der Waals surface area contributed by atoms with Crippen LogP contribution in [0.3, 0.4) is 0 Å². The van der Waals surface area contributed by atoms with Crippen molar-refractivity contribution in [2.24, 2.45) is 0 Å². The summed E-state index contributed by atoms with van der Waals surface area (Å²) in [5, 5.41) is 4.76. The van der Waals surface area contributed by atoms with Crippen LogP contribution in [0.1, 0.15) is 40.0 Å². The molecule has 0 bridgehead atoms. The zero-order chi connectivity index (χ0) is 7.82. The van der Waals surface area contributed by atoms with Crippen LogP contribution in [0.15, 0.2) is 0 Å². The molecule has 68 valence electrons. The first-order chi connectivity index (χ1) is 4.85. The van der Waals surface area contributed by atoms with Crippen LogP contribution in [0, 0.1) is 0 Å². The van der Waals surface area contributed by atoms with Crippen LogP contribution in [-0.4, -0.2) is 19.6 Å². The molecule has 1 nitrogen and oxygen atoms in total. The highest BCUT2D eigenvalue weighted by Gasteiger charge is 2.11. The summed E-state index contributed by atoms with van der Waals surface area (Å²) in [5.74, 6) is 0. The van der Waals surface area contributed by atoms with E-state index >= 15 is 0 Å². The quantitative estimate of drug-likeness (QED) is 0.554. The molecule has 0 amide bonds. The maximum atomic E-state index is 2.32. The SMILES string of the molecule is CC[CH2][Al]([CH2]CC)[CH2]CC.O. The van der Waals surface area contributed by atoms with Gasteiger partial charge in [-0.25, -0.2) is 0 Å². The summed E-state index contributed by atoms with van der Waals surface area (Å²) in [7, 11) is 0. The molecule has 0 atom stereocenters. The Balaban J connectivity index is 0. The molecule has 0 aliphatic heterocycles. The molecule has 11 heavy (non-hydrogen) atoms. The Kier molecular flexibility index (Phi) is 13.4. The van der Waals surface area contributed by atoms with Gasteiger partial charge in [0.25, 0.3) is 14.1 Å². The maximum absolute atomic E-state index is 2.32. The third-order valence-electron chi connectivity index (χ3n) is 2.09. The van der Waals surface area contributed by atoms with Crippen molar-refractivity contribution in [1.29, 1.82) is 0 Å². The molecule has 0 unspecified atom stereocenters. The molecule has 0 aromatic carbocycles. The van der Waals surface area contributed by atoms with E-state index in [-0.39, 0.29) is 19.6 Å². The van der Waals surface area contributed by atoms with E-state index in [0.717, 1.165) is 0 Å². The molecular formula is C9H23AlO. The van der Waals surface area contributed by atoms with Crippen molar-refractivity contribution < 1.29 is 5.48 Å². The molecule has 0 spiro atoms. The second-order valence-corrected chi connectivity index (χ2v) is 6.70. The van der Waals surface area contributed by atoms with Gasteiger partial charge in [-0.15, -0.1) is 0 Å². The van der Waals surface area contributed by atoms with Crippen LogP contribution in [0.4, 0.5) is 0 Å². The van der Waals surface area contributed by atoms with Gasteiger partial charge in [-0.3, -0.25) is 0 Å². The third-order valence-corrected chi connectivity index (χ3v) is 6.27. The number of hydrogen-bond acceptors (Lipinski definition) is 0. The van der Waals surface area contributed by atoms with Crippen LogP contribution in [0.25, 0.3) is 0 Å². The van der Waals surface area contributed by atoms with Gasteiger partial charge in [0, 0.05) is 0 Å². The van der Waals surface area contributed by atoms with E-state index < -0.39 is 0 Å². The van der Waals surface area contributed by atoms with Crippen LogP contribution in [-0.2, 0) is 0 Å². The van der Waals surface area contributed by atoms with E-state index in [2.05, 4.69) is 20.8 Å². The lowest BCUT2D eigenvalue weighted by atomic mass is 10.5. The standard InChI is InChI=1S/3C3H7.Al.H2O/c3*1-3-2;;/h3*1,3H2,2H3;;1H2. The minimum absolute atomic E-state index is 0. The Bertz CT molecular complexity index is 52.3. The molecule has 0 aromatic rings. The average Bonchev–Trinajstić information content (AvgIpc) is 1.90. The van der Waals surface area contributed by atoms with Gasteiger partial charge in [-0.1, -0.05) is 55.9 Å². The van der Waals surface area contributed by atoms with Gasteiger partial charge in [-0.05, 0) is 0 Å². The Morgan fingerprint density at radius 2 is 1.00 bits per heavy atom. The predicted octanol–water partition coefficient (Wildman–Crippen LogP) is 2.89. The second kappa shape index (κ2) is 10.5. The van der Waals surface area contributed by atoms with Gasteiger partial charge < -0.3 is 5.48 Å². The molecule has 0 aliphatic rings. The van der Waals surface area contributed by atoms with E-state index in [9.17, 15) is 0 Å². The molecule has 2 heteroatoms. The van der Waals surface area contributed by atoms with E-state index in [0.29, 0.717) is 0 Å². The van der Waals surface area contributed by atoms with Gasteiger partial charge in [0.05, 0.1) is 0 Å². The van der Waals surface area contributed by atoms with Crippen molar-refractivity contribution in [1.82, 2.24) is 0 Å². The fourth-order valence-corrected chi connectivity index (χ4v) is 4.97. The first-order valence-electron chi connectivity index (χ1n) is 4.85. The maximum Gasteiger partial charge on any atom is 0.261 e. The highest BCUT2D eigenvalue weighted by Crippen LogP contribution is 2.11. The van der Waals surface area contributed by atoms with Crippen molar-refractivity contribution >= 4 is 14.1 Å². The largest absolute Gasteiger partial charge is 0.412 e. The molecule has 0 saturated carbocycles. The molecule has 0 aromatic heterocycles. The Hall–Kier alpha value is 0.492. The normalized spacial score (nSPS) is 9.00. The van der Waals surface area contributed by atoms with Crippen LogP contribution >= 0.6 is 0 Å². The Morgan fingerprint density at radius 3 is 1.18 bits per heavy atom. The van der Waals surface area contributed by atoms with Crippen LogP contribution in [0.2, 0.25) is 15.8 Å². The Labute approximate surface area is 75.9 Å². The number of hydrogen-bond donors (Lipinski definition) is 0. The van der Waals surface area contributed by atoms with Crippen molar-refractivity contribution in [2.45, 2.75) is 55.9 Å². The zero-order valence-electron chi connectivity index (χ0n) is 8.32. The first kappa shape index (κ1) is 14.0. The lowest BCUT2D eigenvalue weighted by Gasteiger charge is -2.06. The molecule has 0 radical (unpaired) electrons. The summed E-state index contributed by atoms with van der Waals surface area (Å²) in [4.78, 5) is 0. The highest BCUT2D eigenvalue weighted by molar-refractivity contribution is 6.58. The topological polar surface area (TPSA) is 31.5 Å². The van der Waals surface area contributed by atoms with Gasteiger partial charge in [-0.2, -0.15) is 0 Å². The summed E-state index contributed by atoms with van der Waals surface area (Å²) in [6.07, 6.45) is 4.28. The van der Waals surface area contributed by atoms with E-state index in [1.54, 1.807) is 15.8 Å². The fourth-order valence-electron chi connectivity index (χ4n) is 1.66. The zero-order valence-corrected chi connectivity index (χ0v) is 9.47. The molecule has 0 aliphatic carbocycles. The van der Waals surface area contributed by atoms with E-state index in [1.807, 2.05) is 0 Å². The predicted molar refractivity (Wildman–Crippen MR) is 54.7 cm³/mol. The third kappa shape index (κ3) is 8.40. The summed E-state index contributed by atoms with van der Waals surface area (Å²) in [6, 6.07) is 0. The number of rotatable bonds is 6. The second-order valence-electron chi connectivity index (χ2n) is 3.23. The summed E-state index contributed by atoms with van der Waals surface area (Å²) < 4.78 is 0. The first-order valence-corrected chi connectivity index (χ1v) is 7.30. The summed E-state index contributed by atoms with van der Waals surface area (Å²) >= 11 is -0.234. The minimum Gasteiger partial charge on any atom is -0.412 e. The van der Waals surface area contributed by atoms with E-state index in [4.69, 9.17) is 0 Å². The smallest absolute Gasteiger partial charge is 0.261 e. The van der Waals surface area contributed by atoms with Crippen LogP contribution in [0.5, 0.6) is 0 Å². The van der Waals surface area contributed by atoms with Crippen molar-refractivity contribution in [3.63, 3.8) is 0 Å². The van der Waals surface area contributed by atoms with E-state index in [1.165, 1.54) is 19.3 Å². The molecule has 2 N–H and O–H groups in total. The molecule has 0 rings (SSSR count). The van der Waals surface area contributed by atoms with Crippen molar-refractivity contribution in [3.8, 4) is 0 Å². The summed E-state index contributed by atoms with van der Waals surface area (Å²) in [6.45, 7) is 6.97. The molecular weight excluding hydrogens is 151 g/mol. The molecule has 0 heterocycles. The van der Waals surface area contributed by atoms with Gasteiger partial charge >= 0.3 is 0 Å². The van der Waals surface area contributed by atoms with Gasteiger partial charge in [0.1, 0.15) is 0 Å². The Morgan fingerprint density at radius 1 is 0.727 bits per heavy atom. The van der Waals surface area contributed by atoms with Crippen molar-refractivity contribution in [2.75, 3.05) is 0 Å². The minimum atomic E-state index is -0.234. The fraction of sp³-hybridized carbons (Fsp3) is 1.00. The van der Waals surface area contributed by atoms with Crippen LogP contribution < -0.4 is 0 Å². The van der Waals surface area contributed by atoms with Gasteiger partial charge in [0.15, 0.2) is 0 Å². The average molecular weight is 174 g/mol. The monoisotopic (exact) mass is 174 g/mol. The molecule has 0 saturated heterocycles.